The lowest BCUT2D eigenvalue weighted by molar-refractivity contribution is -0.123. The molecular formula is C20H24N2O3. The van der Waals surface area contributed by atoms with E-state index in [-0.39, 0.29) is 19.1 Å². The quantitative estimate of drug-likeness (QED) is 0.804. The second-order valence-corrected chi connectivity index (χ2v) is 6.31. The first kappa shape index (κ1) is 17.5. The van der Waals surface area contributed by atoms with Crippen molar-refractivity contribution in [3.8, 4) is 5.75 Å². The molecule has 0 bridgehead atoms. The van der Waals surface area contributed by atoms with Crippen LogP contribution in [0.3, 0.4) is 0 Å². The van der Waals surface area contributed by atoms with Gasteiger partial charge in [0.2, 0.25) is 0 Å². The van der Waals surface area contributed by atoms with Gasteiger partial charge in [0.25, 0.3) is 5.91 Å². The topological polar surface area (TPSA) is 61.8 Å². The van der Waals surface area contributed by atoms with Crippen LogP contribution in [0, 0.1) is 0 Å². The van der Waals surface area contributed by atoms with Gasteiger partial charge in [0.05, 0.1) is 6.10 Å². The number of aliphatic hydroxyl groups excluding tert-OH is 1. The number of hydrogen-bond acceptors (Lipinski definition) is 4. The van der Waals surface area contributed by atoms with Crippen molar-refractivity contribution in [2.45, 2.75) is 19.1 Å². The van der Waals surface area contributed by atoms with Gasteiger partial charge in [-0.1, -0.05) is 42.5 Å². The molecule has 2 aromatic carbocycles. The molecule has 3 rings (SSSR count). The smallest absolute Gasteiger partial charge is 0.258 e. The van der Waals surface area contributed by atoms with Gasteiger partial charge >= 0.3 is 0 Å². The number of benzene rings is 2. The van der Waals surface area contributed by atoms with Crippen LogP contribution in [0.5, 0.6) is 5.75 Å². The molecule has 25 heavy (non-hydrogen) atoms. The fourth-order valence-corrected chi connectivity index (χ4v) is 3.02. The van der Waals surface area contributed by atoms with Crippen LogP contribution in [0.1, 0.15) is 11.1 Å². The van der Waals surface area contributed by atoms with Gasteiger partial charge in [-0.2, -0.15) is 0 Å². The average Bonchev–Trinajstić information content (AvgIpc) is 2.65. The number of carbonyl (C=O) groups is 1. The van der Waals surface area contributed by atoms with Crippen LogP contribution in [-0.4, -0.2) is 48.3 Å². The molecule has 1 heterocycles. The number of hydrogen-bond donors (Lipinski definition) is 2. The minimum atomic E-state index is -0.592. The van der Waals surface area contributed by atoms with Crippen molar-refractivity contribution in [1.82, 2.24) is 10.2 Å². The number of ether oxygens (including phenoxy) is 1. The Morgan fingerprint density at radius 3 is 2.64 bits per heavy atom. The number of para-hydroxylation sites is 1. The SMILES string of the molecule is O=C(COc1ccccc1)NCC(O)CN1CCc2ccccc2C1. The lowest BCUT2D eigenvalue weighted by Crippen LogP contribution is -2.42. The van der Waals surface area contributed by atoms with Crippen molar-refractivity contribution in [1.29, 1.82) is 0 Å². The number of fused-ring (bicyclic) bond motifs is 1. The molecule has 0 aliphatic carbocycles. The highest BCUT2D eigenvalue weighted by atomic mass is 16.5. The Morgan fingerprint density at radius 1 is 1.12 bits per heavy atom. The molecule has 1 amide bonds. The molecule has 1 aliphatic heterocycles. The predicted molar refractivity (Wildman–Crippen MR) is 96.4 cm³/mol. The van der Waals surface area contributed by atoms with Gasteiger partial charge in [-0.05, 0) is 29.7 Å². The summed E-state index contributed by atoms with van der Waals surface area (Å²) in [6.45, 7) is 2.51. The Kier molecular flexibility index (Phi) is 6.04. The summed E-state index contributed by atoms with van der Waals surface area (Å²) in [7, 11) is 0. The molecule has 5 heteroatoms. The molecule has 0 saturated heterocycles. The van der Waals surface area contributed by atoms with E-state index >= 15 is 0 Å². The number of rotatable bonds is 7. The van der Waals surface area contributed by atoms with Gasteiger partial charge in [-0.3, -0.25) is 9.69 Å². The maximum absolute atomic E-state index is 11.8. The van der Waals surface area contributed by atoms with Gasteiger partial charge < -0.3 is 15.2 Å². The zero-order chi connectivity index (χ0) is 17.5. The molecule has 1 aliphatic rings. The summed E-state index contributed by atoms with van der Waals surface area (Å²) >= 11 is 0. The number of β-amino-alcohol motifs (C(OH)–C–C–N with tert-alkyl or cyclic N) is 1. The summed E-state index contributed by atoms with van der Waals surface area (Å²) in [6.07, 6.45) is 0.408. The minimum Gasteiger partial charge on any atom is -0.484 e. The second kappa shape index (κ2) is 8.65. The molecule has 0 radical (unpaired) electrons. The molecule has 1 unspecified atom stereocenters. The predicted octanol–water partition coefficient (Wildman–Crippen LogP) is 1.60. The summed E-state index contributed by atoms with van der Waals surface area (Å²) in [4.78, 5) is 14.0. The fraction of sp³-hybridized carbons (Fsp3) is 0.350. The lowest BCUT2D eigenvalue weighted by atomic mass is 10.00. The van der Waals surface area contributed by atoms with Crippen LogP contribution < -0.4 is 10.1 Å². The van der Waals surface area contributed by atoms with Gasteiger partial charge in [0, 0.05) is 26.2 Å². The van der Waals surface area contributed by atoms with Crippen molar-refractivity contribution < 1.29 is 14.6 Å². The molecular weight excluding hydrogens is 316 g/mol. The zero-order valence-corrected chi connectivity index (χ0v) is 14.2. The summed E-state index contributed by atoms with van der Waals surface area (Å²) < 4.78 is 5.39. The van der Waals surface area contributed by atoms with E-state index < -0.39 is 6.10 Å². The summed E-state index contributed by atoms with van der Waals surface area (Å²) in [6, 6.07) is 17.6. The monoisotopic (exact) mass is 340 g/mol. The molecule has 5 nitrogen and oxygen atoms in total. The number of carbonyl (C=O) groups excluding carboxylic acids is 1. The molecule has 0 saturated carbocycles. The number of aliphatic hydroxyl groups is 1. The highest BCUT2D eigenvalue weighted by molar-refractivity contribution is 5.77. The van der Waals surface area contributed by atoms with E-state index in [1.165, 1.54) is 11.1 Å². The van der Waals surface area contributed by atoms with E-state index in [9.17, 15) is 9.90 Å². The molecule has 2 aromatic rings. The lowest BCUT2D eigenvalue weighted by Gasteiger charge is -2.30. The van der Waals surface area contributed by atoms with E-state index in [1.54, 1.807) is 12.1 Å². The Balaban J connectivity index is 1.37. The molecule has 132 valence electrons. The van der Waals surface area contributed by atoms with Gasteiger partial charge in [-0.25, -0.2) is 0 Å². The molecule has 1 atom stereocenters. The van der Waals surface area contributed by atoms with Gasteiger partial charge in [0.15, 0.2) is 6.61 Å². The minimum absolute atomic E-state index is 0.0478. The van der Waals surface area contributed by atoms with Crippen molar-refractivity contribution in [3.63, 3.8) is 0 Å². The Bertz CT molecular complexity index is 690. The van der Waals surface area contributed by atoms with Crippen LogP contribution in [0.2, 0.25) is 0 Å². The number of nitrogens with one attached hydrogen (secondary N) is 1. The third-order valence-corrected chi connectivity index (χ3v) is 4.33. The fourth-order valence-electron chi connectivity index (χ4n) is 3.02. The van der Waals surface area contributed by atoms with Crippen LogP contribution in [0.4, 0.5) is 0 Å². The molecule has 0 aromatic heterocycles. The summed E-state index contributed by atoms with van der Waals surface area (Å²) in [5.41, 5.74) is 2.71. The first-order valence-electron chi connectivity index (χ1n) is 8.62. The zero-order valence-electron chi connectivity index (χ0n) is 14.2. The molecule has 0 spiro atoms. The number of nitrogens with zero attached hydrogens (tertiary/aromatic N) is 1. The van der Waals surface area contributed by atoms with Gasteiger partial charge in [0.1, 0.15) is 5.75 Å². The average molecular weight is 340 g/mol. The molecule has 0 fully saturated rings. The Morgan fingerprint density at radius 2 is 1.84 bits per heavy atom. The first-order chi connectivity index (χ1) is 12.2. The van der Waals surface area contributed by atoms with E-state index in [1.807, 2.05) is 24.3 Å². The summed E-state index contributed by atoms with van der Waals surface area (Å²) in [5.74, 6) is 0.428. The number of amides is 1. The van der Waals surface area contributed by atoms with E-state index in [0.717, 1.165) is 19.5 Å². The normalized spacial score (nSPS) is 15.2. The first-order valence-corrected chi connectivity index (χ1v) is 8.62. The van der Waals surface area contributed by atoms with Crippen LogP contribution in [0.25, 0.3) is 0 Å². The molecule has 2 N–H and O–H groups in total. The van der Waals surface area contributed by atoms with Gasteiger partial charge in [-0.15, -0.1) is 0 Å². The highest BCUT2D eigenvalue weighted by Crippen LogP contribution is 2.18. The largest absolute Gasteiger partial charge is 0.484 e. The highest BCUT2D eigenvalue weighted by Gasteiger charge is 2.18. The van der Waals surface area contributed by atoms with E-state index in [2.05, 4.69) is 28.4 Å². The van der Waals surface area contributed by atoms with Crippen molar-refractivity contribution in [3.05, 3.63) is 65.7 Å². The standard InChI is InChI=1S/C20H24N2O3/c23-18(12-21-20(24)15-25-19-8-2-1-3-9-19)14-22-11-10-16-6-4-5-7-17(16)13-22/h1-9,18,23H,10-15H2,(H,21,24). The van der Waals surface area contributed by atoms with Crippen LogP contribution >= 0.6 is 0 Å². The van der Waals surface area contributed by atoms with Crippen molar-refractivity contribution in [2.75, 3.05) is 26.2 Å². The van der Waals surface area contributed by atoms with Crippen LogP contribution in [0.15, 0.2) is 54.6 Å². The maximum atomic E-state index is 11.8. The second-order valence-electron chi connectivity index (χ2n) is 6.31. The Labute approximate surface area is 148 Å². The third-order valence-electron chi connectivity index (χ3n) is 4.33. The van der Waals surface area contributed by atoms with Crippen molar-refractivity contribution >= 4 is 5.91 Å². The third kappa shape index (κ3) is 5.31. The van der Waals surface area contributed by atoms with Crippen LogP contribution in [-0.2, 0) is 17.8 Å². The summed E-state index contributed by atoms with van der Waals surface area (Å²) in [5, 5.41) is 12.9. The van der Waals surface area contributed by atoms with E-state index in [4.69, 9.17) is 4.74 Å². The maximum Gasteiger partial charge on any atom is 0.258 e. The Hall–Kier alpha value is -2.37. The van der Waals surface area contributed by atoms with Crippen molar-refractivity contribution in [2.24, 2.45) is 0 Å². The van der Waals surface area contributed by atoms with E-state index in [0.29, 0.717) is 12.3 Å².